The molecule has 0 aliphatic rings. The summed E-state index contributed by atoms with van der Waals surface area (Å²) in [7, 11) is 0. The van der Waals surface area contributed by atoms with Crippen molar-refractivity contribution in [1.82, 2.24) is 10.2 Å². The fraction of sp³-hybridized carbons (Fsp3) is 0.0476. The number of rotatable bonds is 5. The number of hydrogen-bond acceptors (Lipinski definition) is 4. The van der Waals surface area contributed by atoms with E-state index in [9.17, 15) is 18.0 Å². The number of nitrogens with zero attached hydrogens (tertiary/aromatic N) is 1. The van der Waals surface area contributed by atoms with Crippen LogP contribution >= 0.6 is 11.3 Å². The normalized spacial score (nSPS) is 12.5. The molecule has 0 unspecified atom stereocenters. The summed E-state index contributed by atoms with van der Waals surface area (Å²) in [5.74, 6) is -3.08. The first-order valence-corrected chi connectivity index (χ1v) is 9.71. The number of benzene rings is 2. The number of thiophene rings is 1. The van der Waals surface area contributed by atoms with Crippen molar-refractivity contribution in [2.45, 2.75) is 6.04 Å². The van der Waals surface area contributed by atoms with E-state index in [2.05, 4.69) is 15.5 Å². The average Bonchev–Trinajstić information content (AvgIpc) is 3.39. The molecule has 2 heterocycles. The van der Waals surface area contributed by atoms with Crippen LogP contribution in [0.15, 0.2) is 47.8 Å². The molecule has 2 aromatic carbocycles. The molecular formula is C21H15F3N4OS. The predicted octanol–water partition coefficient (Wildman–Crippen LogP) is 4.85. The number of carbonyl (C=O) groups is 1. The molecule has 0 fully saturated rings. The third-order valence-electron chi connectivity index (χ3n) is 4.45. The largest absolute Gasteiger partial charge is 0.322 e. The predicted molar refractivity (Wildman–Crippen MR) is 111 cm³/mol. The molecule has 5 nitrogen and oxygen atoms in total. The molecule has 152 valence electrons. The topological polar surface area (TPSA) is 83.8 Å². The highest BCUT2D eigenvalue weighted by Gasteiger charge is 2.19. The smallest absolute Gasteiger partial charge is 0.246 e. The van der Waals surface area contributed by atoms with Gasteiger partial charge < -0.3 is 11.1 Å². The summed E-state index contributed by atoms with van der Waals surface area (Å²) in [5.41, 5.74) is 7.17. The zero-order chi connectivity index (χ0) is 21.3. The minimum absolute atomic E-state index is 0.0385. The van der Waals surface area contributed by atoms with Crippen molar-refractivity contribution in [3.8, 4) is 0 Å². The van der Waals surface area contributed by atoms with Crippen LogP contribution in [-0.4, -0.2) is 16.1 Å². The van der Waals surface area contributed by atoms with Crippen LogP contribution in [-0.2, 0) is 4.79 Å². The van der Waals surface area contributed by atoms with Gasteiger partial charge in [-0.15, -0.1) is 11.3 Å². The zero-order valence-electron chi connectivity index (χ0n) is 15.3. The van der Waals surface area contributed by atoms with Gasteiger partial charge in [-0.25, -0.2) is 13.2 Å². The van der Waals surface area contributed by atoms with E-state index >= 15 is 0 Å². The molecule has 0 aliphatic carbocycles. The minimum atomic E-state index is -0.960. The summed E-state index contributed by atoms with van der Waals surface area (Å²) in [6, 6.07) is 8.73. The quantitative estimate of drug-likeness (QED) is 0.425. The standard InChI is InChI=1S/C21H15F3N4OS/c22-13-5-3-11(8-14(13)23)4-6-16-12-9-18(15(24)10-17(12)28-27-16)26-21(29)20(25)19-2-1-7-30-19/h1-10,20H,25H2,(H,26,29)(H,27,28)/b6-4+/t20-/m1/s1. The number of anilines is 1. The van der Waals surface area contributed by atoms with E-state index in [0.717, 1.165) is 12.1 Å². The first-order chi connectivity index (χ1) is 14.4. The Hall–Kier alpha value is -3.43. The Morgan fingerprint density at radius 3 is 2.67 bits per heavy atom. The van der Waals surface area contributed by atoms with E-state index in [1.165, 1.54) is 29.5 Å². The van der Waals surface area contributed by atoms with Crippen molar-refractivity contribution < 1.29 is 18.0 Å². The summed E-state index contributed by atoms with van der Waals surface area (Å²) in [6.07, 6.45) is 3.12. The molecule has 0 radical (unpaired) electrons. The summed E-state index contributed by atoms with van der Waals surface area (Å²) < 4.78 is 40.9. The second-order valence-corrected chi connectivity index (χ2v) is 7.45. The number of aromatic nitrogens is 2. The van der Waals surface area contributed by atoms with E-state index in [0.29, 0.717) is 27.0 Å². The summed E-state index contributed by atoms with van der Waals surface area (Å²) in [4.78, 5) is 13.1. The number of fused-ring (bicyclic) bond motifs is 1. The third-order valence-corrected chi connectivity index (χ3v) is 5.40. The van der Waals surface area contributed by atoms with Gasteiger partial charge in [0.15, 0.2) is 11.6 Å². The van der Waals surface area contributed by atoms with Crippen LogP contribution in [0.1, 0.15) is 22.2 Å². The molecule has 0 aliphatic heterocycles. The lowest BCUT2D eigenvalue weighted by atomic mass is 10.1. The van der Waals surface area contributed by atoms with E-state index in [1.807, 2.05) is 0 Å². The molecule has 1 amide bonds. The maximum Gasteiger partial charge on any atom is 0.246 e. The van der Waals surface area contributed by atoms with E-state index < -0.39 is 29.4 Å². The highest BCUT2D eigenvalue weighted by atomic mass is 32.1. The molecule has 4 N–H and O–H groups in total. The molecule has 30 heavy (non-hydrogen) atoms. The molecule has 0 saturated carbocycles. The highest BCUT2D eigenvalue weighted by molar-refractivity contribution is 7.10. The lowest BCUT2D eigenvalue weighted by Crippen LogP contribution is -2.27. The fourth-order valence-corrected chi connectivity index (χ4v) is 3.61. The number of amides is 1. The Bertz CT molecular complexity index is 1250. The average molecular weight is 428 g/mol. The van der Waals surface area contributed by atoms with Crippen molar-refractivity contribution in [2.75, 3.05) is 5.32 Å². The lowest BCUT2D eigenvalue weighted by Gasteiger charge is -2.11. The first-order valence-electron chi connectivity index (χ1n) is 8.83. The van der Waals surface area contributed by atoms with Crippen LogP contribution in [0.2, 0.25) is 0 Å². The molecule has 2 aromatic heterocycles. The fourth-order valence-electron chi connectivity index (χ4n) is 2.88. The van der Waals surface area contributed by atoms with Gasteiger partial charge in [-0.3, -0.25) is 9.89 Å². The number of carbonyl (C=O) groups excluding carboxylic acids is 1. The van der Waals surface area contributed by atoms with Crippen molar-refractivity contribution in [1.29, 1.82) is 0 Å². The van der Waals surface area contributed by atoms with Gasteiger partial charge in [0.05, 0.1) is 16.9 Å². The summed E-state index contributed by atoms with van der Waals surface area (Å²) in [5, 5.41) is 11.6. The molecule has 0 bridgehead atoms. The summed E-state index contributed by atoms with van der Waals surface area (Å²) >= 11 is 1.33. The molecule has 0 saturated heterocycles. The zero-order valence-corrected chi connectivity index (χ0v) is 16.1. The lowest BCUT2D eigenvalue weighted by molar-refractivity contribution is -0.117. The number of nitrogens with two attached hydrogens (primary N) is 1. The monoisotopic (exact) mass is 428 g/mol. The van der Waals surface area contributed by atoms with Gasteiger partial charge in [-0.2, -0.15) is 5.10 Å². The molecule has 9 heteroatoms. The minimum Gasteiger partial charge on any atom is -0.322 e. The van der Waals surface area contributed by atoms with Crippen LogP contribution in [0, 0.1) is 17.5 Å². The van der Waals surface area contributed by atoms with Gasteiger partial charge in [-0.1, -0.05) is 18.2 Å². The van der Waals surface area contributed by atoms with Crippen LogP contribution < -0.4 is 11.1 Å². The first kappa shape index (κ1) is 19.9. The van der Waals surface area contributed by atoms with Gasteiger partial charge >= 0.3 is 0 Å². The maximum absolute atomic E-state index is 14.4. The molecule has 1 atom stereocenters. The van der Waals surface area contributed by atoms with Gasteiger partial charge in [0.2, 0.25) is 5.91 Å². The number of halogens is 3. The Balaban J connectivity index is 1.61. The molecular weight excluding hydrogens is 413 g/mol. The van der Waals surface area contributed by atoms with E-state index in [1.54, 1.807) is 29.7 Å². The Morgan fingerprint density at radius 1 is 1.10 bits per heavy atom. The Morgan fingerprint density at radius 2 is 1.93 bits per heavy atom. The van der Waals surface area contributed by atoms with Gasteiger partial charge in [-0.05, 0) is 41.3 Å². The maximum atomic E-state index is 14.4. The Labute approximate surface area is 173 Å². The highest BCUT2D eigenvalue weighted by Crippen LogP contribution is 2.27. The Kier molecular flexibility index (Phi) is 5.39. The third kappa shape index (κ3) is 3.98. The molecule has 0 spiro atoms. The van der Waals surface area contributed by atoms with Gasteiger partial charge in [0.1, 0.15) is 11.9 Å². The SMILES string of the molecule is N[C@@H](C(=O)Nc1cc2c(/C=C/c3ccc(F)c(F)c3)n[nH]c2cc1F)c1cccs1. The number of H-pyrrole nitrogens is 1. The van der Waals surface area contributed by atoms with Crippen LogP contribution in [0.3, 0.4) is 0 Å². The van der Waals surface area contributed by atoms with Crippen LogP contribution in [0.25, 0.3) is 23.1 Å². The number of aromatic amines is 1. The molecule has 4 rings (SSSR count). The van der Waals surface area contributed by atoms with Crippen molar-refractivity contribution in [2.24, 2.45) is 5.73 Å². The van der Waals surface area contributed by atoms with Crippen molar-refractivity contribution >= 4 is 46.0 Å². The van der Waals surface area contributed by atoms with Gasteiger partial charge in [0, 0.05) is 16.3 Å². The second-order valence-electron chi connectivity index (χ2n) is 6.48. The van der Waals surface area contributed by atoms with Crippen molar-refractivity contribution in [3.63, 3.8) is 0 Å². The number of hydrogen-bond donors (Lipinski definition) is 3. The van der Waals surface area contributed by atoms with Gasteiger partial charge in [0.25, 0.3) is 0 Å². The van der Waals surface area contributed by atoms with E-state index in [4.69, 9.17) is 5.73 Å². The number of nitrogens with one attached hydrogen (secondary N) is 2. The second kappa shape index (κ2) is 8.13. The van der Waals surface area contributed by atoms with Crippen LogP contribution in [0.5, 0.6) is 0 Å². The summed E-state index contributed by atoms with van der Waals surface area (Å²) in [6.45, 7) is 0. The van der Waals surface area contributed by atoms with Crippen molar-refractivity contribution in [3.05, 3.63) is 81.4 Å². The molecule has 4 aromatic rings. The van der Waals surface area contributed by atoms with Crippen LogP contribution in [0.4, 0.5) is 18.9 Å². The van der Waals surface area contributed by atoms with E-state index in [-0.39, 0.29) is 5.69 Å².